The van der Waals surface area contributed by atoms with Crippen molar-refractivity contribution in [2.75, 3.05) is 6.54 Å². The average molecular weight is 207 g/mol. The van der Waals surface area contributed by atoms with E-state index in [4.69, 9.17) is 0 Å². The number of amides is 1. The minimum absolute atomic E-state index is 0.320. The highest BCUT2D eigenvalue weighted by Gasteiger charge is 2.51. The molecule has 1 amide bonds. The lowest BCUT2D eigenvalue weighted by molar-refractivity contribution is -0.142. The summed E-state index contributed by atoms with van der Waals surface area (Å²) in [6, 6.07) is 0. The second-order valence-electron chi connectivity index (χ2n) is 6.03. The summed E-state index contributed by atoms with van der Waals surface area (Å²) >= 11 is 0. The molecule has 2 heterocycles. The summed E-state index contributed by atoms with van der Waals surface area (Å²) in [6.07, 6.45) is 11.0. The fraction of sp³-hybridized carbons (Fsp3) is 0.923. The molecule has 0 aromatic rings. The fourth-order valence-electron chi connectivity index (χ4n) is 3.98. The van der Waals surface area contributed by atoms with Crippen LogP contribution in [-0.4, -0.2) is 12.5 Å². The Balaban J connectivity index is 1.57. The van der Waals surface area contributed by atoms with Crippen molar-refractivity contribution in [1.29, 1.82) is 0 Å². The van der Waals surface area contributed by atoms with Gasteiger partial charge in [0.15, 0.2) is 0 Å². The van der Waals surface area contributed by atoms with Gasteiger partial charge in [0.2, 0.25) is 5.91 Å². The molecule has 2 saturated heterocycles. The molecule has 0 atom stereocenters. The topological polar surface area (TPSA) is 29.1 Å². The predicted molar refractivity (Wildman–Crippen MR) is 59.4 cm³/mol. The number of piperidine rings is 2. The van der Waals surface area contributed by atoms with Crippen LogP contribution in [0, 0.1) is 17.3 Å². The van der Waals surface area contributed by atoms with Gasteiger partial charge in [0.1, 0.15) is 0 Å². The number of carbonyl (C=O) groups excluding carboxylic acids is 1. The number of nitrogens with one attached hydrogen (secondary N) is 1. The van der Waals surface area contributed by atoms with Crippen LogP contribution in [0.25, 0.3) is 0 Å². The third-order valence-electron chi connectivity index (χ3n) is 4.81. The largest absolute Gasteiger partial charge is 0.355 e. The highest BCUT2D eigenvalue weighted by Crippen LogP contribution is 2.53. The molecule has 2 aliphatic heterocycles. The highest BCUT2D eigenvalue weighted by molar-refractivity contribution is 5.81. The van der Waals surface area contributed by atoms with Gasteiger partial charge in [0, 0.05) is 12.5 Å². The highest BCUT2D eigenvalue weighted by atomic mass is 16.2. The summed E-state index contributed by atoms with van der Waals surface area (Å²) in [7, 11) is 0. The van der Waals surface area contributed by atoms with Crippen LogP contribution >= 0.6 is 0 Å². The molecule has 2 bridgehead atoms. The molecule has 0 unspecified atom stereocenters. The van der Waals surface area contributed by atoms with Crippen LogP contribution in [0.1, 0.15) is 51.4 Å². The Kier molecular flexibility index (Phi) is 2.26. The van der Waals surface area contributed by atoms with Crippen molar-refractivity contribution in [2.45, 2.75) is 51.4 Å². The Morgan fingerprint density at radius 1 is 1.20 bits per heavy atom. The summed E-state index contributed by atoms with van der Waals surface area (Å²) in [5.41, 5.74) is 0.528. The molecule has 4 aliphatic rings. The van der Waals surface area contributed by atoms with Gasteiger partial charge in [-0.15, -0.1) is 0 Å². The molecule has 2 saturated carbocycles. The number of hydrogen-bond donors (Lipinski definition) is 1. The van der Waals surface area contributed by atoms with E-state index in [9.17, 15) is 4.79 Å². The van der Waals surface area contributed by atoms with Crippen molar-refractivity contribution in [3.63, 3.8) is 0 Å². The third kappa shape index (κ3) is 1.68. The van der Waals surface area contributed by atoms with E-state index in [2.05, 4.69) is 5.32 Å². The van der Waals surface area contributed by atoms with Crippen LogP contribution in [-0.2, 0) is 4.79 Å². The van der Waals surface area contributed by atoms with Gasteiger partial charge in [-0.25, -0.2) is 0 Å². The Morgan fingerprint density at radius 3 is 2.53 bits per heavy atom. The predicted octanol–water partition coefficient (Wildman–Crippen LogP) is 2.48. The molecular weight excluding hydrogens is 186 g/mol. The van der Waals surface area contributed by atoms with Gasteiger partial charge in [0.25, 0.3) is 0 Å². The maximum atomic E-state index is 11.4. The molecule has 4 rings (SSSR count). The standard InChI is InChI=1S/C13H21NO/c15-12-11-7-13(8-11,9-14-12)6-10-4-2-1-3-5-10/h10-11H,1-9H2,(H,14,15). The minimum atomic E-state index is 0.320. The summed E-state index contributed by atoms with van der Waals surface area (Å²) in [6.45, 7) is 0.971. The summed E-state index contributed by atoms with van der Waals surface area (Å²) in [5, 5.41) is 3.07. The number of carbonyl (C=O) groups is 1. The van der Waals surface area contributed by atoms with Crippen molar-refractivity contribution in [2.24, 2.45) is 17.3 Å². The van der Waals surface area contributed by atoms with Gasteiger partial charge in [0.05, 0.1) is 0 Å². The molecule has 1 N–H and O–H groups in total. The summed E-state index contributed by atoms with van der Waals surface area (Å²) < 4.78 is 0. The third-order valence-corrected chi connectivity index (χ3v) is 4.81. The molecular formula is C13H21NO. The molecule has 15 heavy (non-hydrogen) atoms. The van der Waals surface area contributed by atoms with E-state index in [1.807, 2.05) is 0 Å². The van der Waals surface area contributed by atoms with Crippen LogP contribution < -0.4 is 5.32 Å². The number of rotatable bonds is 2. The van der Waals surface area contributed by atoms with E-state index in [0.29, 0.717) is 17.2 Å². The summed E-state index contributed by atoms with van der Waals surface area (Å²) in [4.78, 5) is 11.4. The first-order valence-electron chi connectivity index (χ1n) is 6.55. The quantitative estimate of drug-likeness (QED) is 0.740. The van der Waals surface area contributed by atoms with Crippen molar-refractivity contribution < 1.29 is 4.79 Å². The molecule has 0 aromatic carbocycles. The SMILES string of the molecule is O=C1NCC2(CC3CCCCC3)CC1C2. The van der Waals surface area contributed by atoms with Crippen molar-refractivity contribution in [3.8, 4) is 0 Å². The molecule has 0 radical (unpaired) electrons. The van der Waals surface area contributed by atoms with Crippen LogP contribution in [0.4, 0.5) is 0 Å². The first-order chi connectivity index (χ1) is 7.27. The monoisotopic (exact) mass is 207 g/mol. The van der Waals surface area contributed by atoms with Gasteiger partial charge in [-0.3, -0.25) is 4.79 Å². The Bertz CT molecular complexity index is 256. The molecule has 2 aliphatic carbocycles. The van der Waals surface area contributed by atoms with E-state index in [-0.39, 0.29) is 0 Å². The maximum Gasteiger partial charge on any atom is 0.223 e. The van der Waals surface area contributed by atoms with Crippen LogP contribution in [0.2, 0.25) is 0 Å². The Hall–Kier alpha value is -0.530. The Labute approximate surface area is 91.8 Å². The molecule has 4 fully saturated rings. The lowest BCUT2D eigenvalue weighted by Crippen LogP contribution is -2.58. The van der Waals surface area contributed by atoms with Crippen molar-refractivity contribution in [1.82, 2.24) is 5.32 Å². The van der Waals surface area contributed by atoms with Gasteiger partial charge in [-0.1, -0.05) is 32.1 Å². The van der Waals surface area contributed by atoms with Crippen molar-refractivity contribution in [3.05, 3.63) is 0 Å². The molecule has 2 nitrogen and oxygen atoms in total. The second kappa shape index (κ2) is 3.50. The van der Waals surface area contributed by atoms with E-state index < -0.39 is 0 Å². The zero-order valence-corrected chi connectivity index (χ0v) is 9.43. The summed E-state index contributed by atoms with van der Waals surface area (Å²) in [5.74, 6) is 1.66. The van der Waals surface area contributed by atoms with Gasteiger partial charge < -0.3 is 5.32 Å². The number of hydrogen-bond acceptors (Lipinski definition) is 1. The first kappa shape index (κ1) is 9.68. The number of fused-ring (bicyclic) bond motifs is 2. The van der Waals surface area contributed by atoms with Gasteiger partial charge >= 0.3 is 0 Å². The van der Waals surface area contributed by atoms with E-state index in [1.54, 1.807) is 0 Å². The Morgan fingerprint density at radius 2 is 1.93 bits per heavy atom. The van der Waals surface area contributed by atoms with Gasteiger partial charge in [-0.2, -0.15) is 0 Å². The van der Waals surface area contributed by atoms with E-state index in [1.165, 1.54) is 51.4 Å². The van der Waals surface area contributed by atoms with E-state index >= 15 is 0 Å². The van der Waals surface area contributed by atoms with Crippen LogP contribution in [0.15, 0.2) is 0 Å². The smallest absolute Gasteiger partial charge is 0.223 e. The lowest BCUT2D eigenvalue weighted by Gasteiger charge is -2.53. The van der Waals surface area contributed by atoms with Crippen LogP contribution in [0.3, 0.4) is 0 Å². The van der Waals surface area contributed by atoms with Crippen molar-refractivity contribution >= 4 is 5.91 Å². The second-order valence-corrected chi connectivity index (χ2v) is 6.03. The molecule has 2 heteroatoms. The average Bonchev–Trinajstić information content (AvgIpc) is 2.21. The zero-order chi connectivity index (χ0) is 10.3. The molecule has 0 aromatic heterocycles. The maximum absolute atomic E-state index is 11.4. The normalized spacial score (nSPS) is 40.8. The van der Waals surface area contributed by atoms with E-state index in [0.717, 1.165) is 12.5 Å². The minimum Gasteiger partial charge on any atom is -0.355 e. The first-order valence-corrected chi connectivity index (χ1v) is 6.55. The lowest BCUT2D eigenvalue weighted by atomic mass is 9.55. The zero-order valence-electron chi connectivity index (χ0n) is 9.43. The van der Waals surface area contributed by atoms with Crippen LogP contribution in [0.5, 0.6) is 0 Å². The fourth-order valence-corrected chi connectivity index (χ4v) is 3.98. The molecule has 84 valence electrons. The molecule has 0 spiro atoms. The van der Waals surface area contributed by atoms with Gasteiger partial charge in [-0.05, 0) is 30.6 Å².